The minimum Gasteiger partial charge on any atom is -0.388 e. The quantitative estimate of drug-likeness (QED) is 0.645. The van der Waals surface area contributed by atoms with Gasteiger partial charge in [-0.25, -0.2) is 32.1 Å². The number of nitrogens with zero attached hydrogens (tertiary/aromatic N) is 4. The molecule has 3 N–H and O–H groups in total. The highest BCUT2D eigenvalue weighted by Gasteiger charge is 2.37. The molecular weight excluding hydrogens is 411 g/mol. The van der Waals surface area contributed by atoms with Crippen molar-refractivity contribution >= 4 is 32.7 Å². The first-order valence-corrected chi connectivity index (χ1v) is 12.0. The SMILES string of the molecule is C[C@@]1(O)CCC[C@H]1Nc1ncc(F)c2cnc(NC3CCN(S(C)(=O)=O)CC3)nc12. The van der Waals surface area contributed by atoms with E-state index in [1.54, 1.807) is 6.92 Å². The summed E-state index contributed by atoms with van der Waals surface area (Å²) in [6, 6.07) is -0.167. The number of halogens is 1. The van der Waals surface area contributed by atoms with Gasteiger partial charge < -0.3 is 15.7 Å². The summed E-state index contributed by atoms with van der Waals surface area (Å²) in [5, 5.41) is 17.3. The summed E-state index contributed by atoms with van der Waals surface area (Å²) in [4.78, 5) is 12.9. The van der Waals surface area contributed by atoms with Crippen molar-refractivity contribution < 1.29 is 17.9 Å². The average Bonchev–Trinajstić information content (AvgIpc) is 3.02. The van der Waals surface area contributed by atoms with Crippen molar-refractivity contribution in [1.82, 2.24) is 19.3 Å². The Morgan fingerprint density at radius 1 is 1.20 bits per heavy atom. The van der Waals surface area contributed by atoms with E-state index in [-0.39, 0.29) is 17.5 Å². The van der Waals surface area contributed by atoms with E-state index in [4.69, 9.17) is 0 Å². The Labute approximate surface area is 175 Å². The zero-order valence-electron chi connectivity index (χ0n) is 17.1. The van der Waals surface area contributed by atoms with Crippen LogP contribution < -0.4 is 10.6 Å². The van der Waals surface area contributed by atoms with Crippen molar-refractivity contribution in [2.45, 2.75) is 56.7 Å². The molecule has 2 fully saturated rings. The van der Waals surface area contributed by atoms with Gasteiger partial charge in [-0.3, -0.25) is 0 Å². The molecule has 1 saturated heterocycles. The molecule has 3 heterocycles. The van der Waals surface area contributed by atoms with Gasteiger partial charge in [0.2, 0.25) is 16.0 Å². The first kappa shape index (κ1) is 21.1. The number of hydrogen-bond acceptors (Lipinski definition) is 8. The molecule has 0 aromatic carbocycles. The Morgan fingerprint density at radius 2 is 1.93 bits per heavy atom. The van der Waals surface area contributed by atoms with Crippen molar-refractivity contribution in [2.75, 3.05) is 30.0 Å². The van der Waals surface area contributed by atoms with E-state index in [1.165, 1.54) is 16.8 Å². The zero-order chi connectivity index (χ0) is 21.5. The summed E-state index contributed by atoms with van der Waals surface area (Å²) < 4.78 is 39.1. The topological polar surface area (TPSA) is 120 Å². The van der Waals surface area contributed by atoms with E-state index in [9.17, 15) is 17.9 Å². The van der Waals surface area contributed by atoms with Crippen LogP contribution in [0.15, 0.2) is 12.4 Å². The van der Waals surface area contributed by atoms with Crippen LogP contribution in [0.3, 0.4) is 0 Å². The maximum absolute atomic E-state index is 14.3. The molecule has 0 unspecified atom stereocenters. The molecule has 1 saturated carbocycles. The maximum Gasteiger partial charge on any atom is 0.223 e. The molecular formula is C19H27FN6O3S. The van der Waals surface area contributed by atoms with Crippen LogP contribution in [-0.4, -0.2) is 69.8 Å². The lowest BCUT2D eigenvalue weighted by Crippen LogP contribution is -2.42. The molecule has 9 nitrogen and oxygen atoms in total. The van der Waals surface area contributed by atoms with Gasteiger partial charge in [-0.05, 0) is 39.0 Å². The number of aliphatic hydroxyl groups is 1. The van der Waals surface area contributed by atoms with Gasteiger partial charge in [-0.15, -0.1) is 0 Å². The summed E-state index contributed by atoms with van der Waals surface area (Å²) in [5.74, 6) is 0.242. The van der Waals surface area contributed by atoms with Crippen molar-refractivity contribution in [3.05, 3.63) is 18.2 Å². The van der Waals surface area contributed by atoms with E-state index in [2.05, 4.69) is 25.6 Å². The minimum atomic E-state index is -3.19. The fraction of sp³-hybridized carbons (Fsp3) is 0.632. The standard InChI is InChI=1S/C19H27FN6O3S/c1-19(27)7-3-4-15(19)24-17-16-13(14(20)11-21-17)10-22-18(25-16)23-12-5-8-26(9-6-12)30(2,28)29/h10-12,15,27H,3-9H2,1-2H3,(H,21,24)(H,22,23,25)/t15-,19-/m1/s1. The monoisotopic (exact) mass is 438 g/mol. The number of piperidine rings is 1. The molecule has 2 aromatic rings. The van der Waals surface area contributed by atoms with Gasteiger partial charge in [0.05, 0.1) is 29.5 Å². The summed E-state index contributed by atoms with van der Waals surface area (Å²) in [5.41, 5.74) is -0.506. The smallest absolute Gasteiger partial charge is 0.223 e. The summed E-state index contributed by atoms with van der Waals surface area (Å²) >= 11 is 0. The van der Waals surface area contributed by atoms with Gasteiger partial charge in [0.25, 0.3) is 0 Å². The van der Waals surface area contributed by atoms with Crippen LogP contribution in [0.4, 0.5) is 16.2 Å². The lowest BCUT2D eigenvalue weighted by Gasteiger charge is -2.30. The van der Waals surface area contributed by atoms with Crippen molar-refractivity contribution in [2.24, 2.45) is 0 Å². The van der Waals surface area contributed by atoms with E-state index >= 15 is 0 Å². The van der Waals surface area contributed by atoms with Gasteiger partial charge in [-0.2, -0.15) is 0 Å². The van der Waals surface area contributed by atoms with E-state index in [0.29, 0.717) is 49.6 Å². The van der Waals surface area contributed by atoms with Crippen LogP contribution in [0.25, 0.3) is 10.9 Å². The normalized spacial score (nSPS) is 26.2. The molecule has 30 heavy (non-hydrogen) atoms. The number of fused-ring (bicyclic) bond motifs is 1. The molecule has 0 bridgehead atoms. The van der Waals surface area contributed by atoms with Gasteiger partial charge in [0.15, 0.2) is 11.6 Å². The molecule has 164 valence electrons. The first-order chi connectivity index (χ1) is 14.1. The Kier molecular flexibility index (Phi) is 5.54. The third-order valence-corrected chi connectivity index (χ3v) is 7.37. The third-order valence-electron chi connectivity index (χ3n) is 6.07. The summed E-state index contributed by atoms with van der Waals surface area (Å²) in [6.45, 7) is 2.65. The summed E-state index contributed by atoms with van der Waals surface area (Å²) in [7, 11) is -3.19. The Morgan fingerprint density at radius 3 is 2.57 bits per heavy atom. The van der Waals surface area contributed by atoms with Gasteiger partial charge >= 0.3 is 0 Å². The van der Waals surface area contributed by atoms with Crippen molar-refractivity contribution in [3.8, 4) is 0 Å². The Bertz CT molecular complexity index is 1040. The number of rotatable bonds is 5. The lowest BCUT2D eigenvalue weighted by atomic mass is 10.0. The highest BCUT2D eigenvalue weighted by molar-refractivity contribution is 7.88. The zero-order valence-corrected chi connectivity index (χ0v) is 17.9. The fourth-order valence-electron chi connectivity index (χ4n) is 4.22. The number of hydrogen-bond donors (Lipinski definition) is 3. The third kappa shape index (κ3) is 4.33. The van der Waals surface area contributed by atoms with Crippen LogP contribution in [0, 0.1) is 5.82 Å². The van der Waals surface area contributed by atoms with Crippen LogP contribution in [0.1, 0.15) is 39.0 Å². The molecule has 11 heteroatoms. The number of nitrogens with one attached hydrogen (secondary N) is 2. The number of pyridine rings is 1. The second-order valence-corrected chi connectivity index (χ2v) is 10.4. The van der Waals surface area contributed by atoms with Gasteiger partial charge in [0.1, 0.15) is 5.52 Å². The lowest BCUT2D eigenvalue weighted by molar-refractivity contribution is 0.0578. The number of aromatic nitrogens is 3. The molecule has 0 spiro atoms. The van der Waals surface area contributed by atoms with Crippen LogP contribution in [-0.2, 0) is 10.0 Å². The Hall–Kier alpha value is -2.11. The second-order valence-electron chi connectivity index (χ2n) is 8.44. The fourth-order valence-corrected chi connectivity index (χ4v) is 5.09. The Balaban J connectivity index is 1.54. The van der Waals surface area contributed by atoms with Crippen LogP contribution in [0.5, 0.6) is 0 Å². The van der Waals surface area contributed by atoms with Crippen LogP contribution in [0.2, 0.25) is 0 Å². The highest BCUT2D eigenvalue weighted by Crippen LogP contribution is 2.33. The largest absolute Gasteiger partial charge is 0.388 e. The molecule has 1 aliphatic heterocycles. The summed E-state index contributed by atoms with van der Waals surface area (Å²) in [6.07, 6.45) is 7.41. The second kappa shape index (κ2) is 7.86. The maximum atomic E-state index is 14.3. The molecule has 0 amide bonds. The molecule has 4 rings (SSSR count). The van der Waals surface area contributed by atoms with Crippen LogP contribution >= 0.6 is 0 Å². The molecule has 2 atom stereocenters. The predicted molar refractivity (Wildman–Crippen MR) is 112 cm³/mol. The van der Waals surface area contributed by atoms with Gasteiger partial charge in [-0.1, -0.05) is 0 Å². The number of sulfonamides is 1. The van der Waals surface area contributed by atoms with E-state index in [1.807, 2.05) is 0 Å². The van der Waals surface area contributed by atoms with E-state index < -0.39 is 21.4 Å². The van der Waals surface area contributed by atoms with Crippen molar-refractivity contribution in [3.63, 3.8) is 0 Å². The molecule has 2 aromatic heterocycles. The molecule has 2 aliphatic rings. The van der Waals surface area contributed by atoms with E-state index in [0.717, 1.165) is 19.0 Å². The number of anilines is 2. The highest BCUT2D eigenvalue weighted by atomic mass is 32.2. The average molecular weight is 439 g/mol. The van der Waals surface area contributed by atoms with Crippen molar-refractivity contribution in [1.29, 1.82) is 0 Å². The minimum absolute atomic E-state index is 0.0222. The van der Waals surface area contributed by atoms with Gasteiger partial charge in [0, 0.05) is 25.3 Å². The molecule has 1 aliphatic carbocycles. The molecule has 0 radical (unpaired) electrons. The first-order valence-electron chi connectivity index (χ1n) is 10.2. The predicted octanol–water partition coefficient (Wildman–Crippen LogP) is 1.72.